The third-order valence-electron chi connectivity index (χ3n) is 3.04. The summed E-state index contributed by atoms with van der Waals surface area (Å²) in [6.07, 6.45) is 0.831. The lowest BCUT2D eigenvalue weighted by molar-refractivity contribution is -0.123. The molecule has 1 amide bonds. The molecule has 1 aromatic rings. The van der Waals surface area contributed by atoms with E-state index in [2.05, 4.69) is 26.6 Å². The van der Waals surface area contributed by atoms with E-state index >= 15 is 0 Å². The van der Waals surface area contributed by atoms with Crippen molar-refractivity contribution in [2.24, 2.45) is 0 Å². The van der Waals surface area contributed by atoms with Crippen LogP contribution in [-0.2, 0) is 4.79 Å². The number of hydrogen-bond acceptors (Lipinski definition) is 2. The normalized spacial score (nSPS) is 12.9. The Balaban J connectivity index is 2.69. The standard InChI is InChI=1S/C14H20BrFN2O/c1-5-14(3,4)18-13(19)9(2)17-12-7-6-10(15)8-11(12)16/h6-9,17H,5H2,1-4H3,(H,18,19). The van der Waals surface area contributed by atoms with Gasteiger partial charge in [-0.1, -0.05) is 22.9 Å². The van der Waals surface area contributed by atoms with E-state index in [-0.39, 0.29) is 17.3 Å². The monoisotopic (exact) mass is 330 g/mol. The zero-order valence-corrected chi connectivity index (χ0v) is 13.3. The van der Waals surface area contributed by atoms with E-state index in [9.17, 15) is 9.18 Å². The Morgan fingerprint density at radius 1 is 1.47 bits per heavy atom. The third-order valence-corrected chi connectivity index (χ3v) is 3.54. The molecule has 1 aromatic carbocycles. The molecule has 0 bridgehead atoms. The number of hydrogen-bond donors (Lipinski definition) is 2. The van der Waals surface area contributed by atoms with Crippen LogP contribution in [0.2, 0.25) is 0 Å². The van der Waals surface area contributed by atoms with Gasteiger partial charge in [-0.3, -0.25) is 4.79 Å². The Bertz CT molecular complexity index is 463. The van der Waals surface area contributed by atoms with Gasteiger partial charge in [-0.25, -0.2) is 4.39 Å². The first-order valence-electron chi connectivity index (χ1n) is 6.29. The Morgan fingerprint density at radius 2 is 2.11 bits per heavy atom. The Hall–Kier alpha value is -1.10. The topological polar surface area (TPSA) is 41.1 Å². The van der Waals surface area contributed by atoms with Gasteiger partial charge in [0.05, 0.1) is 5.69 Å². The lowest BCUT2D eigenvalue weighted by atomic mass is 10.0. The minimum atomic E-state index is -0.499. The number of halogens is 2. The first-order valence-corrected chi connectivity index (χ1v) is 7.08. The molecule has 0 radical (unpaired) electrons. The van der Waals surface area contributed by atoms with E-state index in [1.165, 1.54) is 6.07 Å². The summed E-state index contributed by atoms with van der Waals surface area (Å²) in [5.41, 5.74) is 0.0609. The van der Waals surface area contributed by atoms with E-state index in [4.69, 9.17) is 0 Å². The second-order valence-corrected chi connectivity index (χ2v) is 6.13. The molecule has 0 saturated heterocycles. The van der Waals surface area contributed by atoms with Crippen LogP contribution in [0.25, 0.3) is 0 Å². The summed E-state index contributed by atoms with van der Waals surface area (Å²) in [6, 6.07) is 4.20. The minimum absolute atomic E-state index is 0.144. The number of nitrogens with one attached hydrogen (secondary N) is 2. The van der Waals surface area contributed by atoms with Crippen molar-refractivity contribution in [3.63, 3.8) is 0 Å². The molecule has 1 unspecified atom stereocenters. The number of anilines is 1. The van der Waals surface area contributed by atoms with E-state index in [0.29, 0.717) is 10.2 Å². The van der Waals surface area contributed by atoms with Gasteiger partial charge in [0.15, 0.2) is 0 Å². The second kappa shape index (κ2) is 6.37. The number of benzene rings is 1. The van der Waals surface area contributed by atoms with Crippen molar-refractivity contribution in [1.82, 2.24) is 5.32 Å². The lowest BCUT2D eigenvalue weighted by Gasteiger charge is -2.27. The van der Waals surface area contributed by atoms with Crippen LogP contribution >= 0.6 is 15.9 Å². The molecule has 19 heavy (non-hydrogen) atoms. The van der Waals surface area contributed by atoms with Gasteiger partial charge >= 0.3 is 0 Å². The van der Waals surface area contributed by atoms with Crippen LogP contribution < -0.4 is 10.6 Å². The van der Waals surface area contributed by atoms with E-state index in [1.807, 2.05) is 20.8 Å². The van der Waals surface area contributed by atoms with Crippen molar-refractivity contribution >= 4 is 27.5 Å². The fourth-order valence-electron chi connectivity index (χ4n) is 1.44. The predicted molar refractivity (Wildman–Crippen MR) is 79.7 cm³/mol. The summed E-state index contributed by atoms with van der Waals surface area (Å²) in [4.78, 5) is 12.0. The van der Waals surface area contributed by atoms with Crippen LogP contribution in [0.1, 0.15) is 34.1 Å². The van der Waals surface area contributed by atoms with Gasteiger partial charge in [0.1, 0.15) is 11.9 Å². The summed E-state index contributed by atoms with van der Waals surface area (Å²) in [5, 5.41) is 5.80. The van der Waals surface area contributed by atoms with Gasteiger partial charge in [0.2, 0.25) is 5.91 Å². The van der Waals surface area contributed by atoms with Gasteiger partial charge < -0.3 is 10.6 Å². The van der Waals surface area contributed by atoms with Crippen molar-refractivity contribution in [3.8, 4) is 0 Å². The molecule has 106 valence electrons. The fourth-order valence-corrected chi connectivity index (χ4v) is 1.77. The smallest absolute Gasteiger partial charge is 0.242 e. The number of rotatable bonds is 5. The highest BCUT2D eigenvalue weighted by molar-refractivity contribution is 9.10. The number of amides is 1. The maximum atomic E-state index is 13.7. The average Bonchev–Trinajstić information content (AvgIpc) is 2.32. The van der Waals surface area contributed by atoms with Crippen molar-refractivity contribution in [2.75, 3.05) is 5.32 Å². The minimum Gasteiger partial charge on any atom is -0.372 e. The summed E-state index contributed by atoms with van der Waals surface area (Å²) in [7, 11) is 0. The summed E-state index contributed by atoms with van der Waals surface area (Å²) in [5.74, 6) is -0.530. The molecule has 0 aliphatic rings. The first kappa shape index (κ1) is 16.0. The molecule has 0 fully saturated rings. The molecule has 1 atom stereocenters. The van der Waals surface area contributed by atoms with E-state index in [1.54, 1.807) is 19.1 Å². The maximum Gasteiger partial charge on any atom is 0.242 e. The zero-order valence-electron chi connectivity index (χ0n) is 11.7. The largest absolute Gasteiger partial charge is 0.372 e. The van der Waals surface area contributed by atoms with Crippen LogP contribution in [0, 0.1) is 5.82 Å². The van der Waals surface area contributed by atoms with Crippen molar-refractivity contribution in [1.29, 1.82) is 0 Å². The number of carbonyl (C=O) groups is 1. The Labute approximate surface area is 122 Å². The highest BCUT2D eigenvalue weighted by Crippen LogP contribution is 2.20. The van der Waals surface area contributed by atoms with Gasteiger partial charge in [-0.2, -0.15) is 0 Å². The molecule has 0 aliphatic heterocycles. The summed E-state index contributed by atoms with van der Waals surface area (Å²) >= 11 is 3.19. The SMILES string of the molecule is CCC(C)(C)NC(=O)C(C)Nc1ccc(Br)cc1F. The van der Waals surface area contributed by atoms with Gasteiger partial charge in [0, 0.05) is 10.0 Å². The average molecular weight is 331 g/mol. The fraction of sp³-hybridized carbons (Fsp3) is 0.500. The molecule has 1 rings (SSSR count). The van der Waals surface area contributed by atoms with Gasteiger partial charge in [0.25, 0.3) is 0 Å². The molecule has 2 N–H and O–H groups in total. The van der Waals surface area contributed by atoms with Crippen molar-refractivity contribution in [3.05, 3.63) is 28.5 Å². The zero-order chi connectivity index (χ0) is 14.6. The highest BCUT2D eigenvalue weighted by atomic mass is 79.9. The summed E-state index contributed by atoms with van der Waals surface area (Å²) in [6.45, 7) is 7.63. The Morgan fingerprint density at radius 3 is 2.63 bits per heavy atom. The number of carbonyl (C=O) groups excluding carboxylic acids is 1. The van der Waals surface area contributed by atoms with Crippen LogP contribution in [0.5, 0.6) is 0 Å². The van der Waals surface area contributed by atoms with Crippen LogP contribution in [0.3, 0.4) is 0 Å². The van der Waals surface area contributed by atoms with Crippen LogP contribution in [0.15, 0.2) is 22.7 Å². The molecule has 0 saturated carbocycles. The van der Waals surface area contributed by atoms with Crippen molar-refractivity contribution in [2.45, 2.75) is 45.7 Å². The second-order valence-electron chi connectivity index (χ2n) is 5.22. The van der Waals surface area contributed by atoms with Crippen molar-refractivity contribution < 1.29 is 9.18 Å². The first-order chi connectivity index (χ1) is 8.75. The molecule has 0 spiro atoms. The molecule has 0 aromatic heterocycles. The predicted octanol–water partition coefficient (Wildman–Crippen LogP) is 3.69. The van der Waals surface area contributed by atoms with Gasteiger partial charge in [-0.05, 0) is 45.4 Å². The van der Waals surface area contributed by atoms with Gasteiger partial charge in [-0.15, -0.1) is 0 Å². The highest BCUT2D eigenvalue weighted by Gasteiger charge is 2.22. The van der Waals surface area contributed by atoms with E-state index in [0.717, 1.165) is 6.42 Å². The third kappa shape index (κ3) is 4.82. The maximum absolute atomic E-state index is 13.7. The molecule has 3 nitrogen and oxygen atoms in total. The molecule has 0 heterocycles. The quantitative estimate of drug-likeness (QED) is 0.864. The summed E-state index contributed by atoms with van der Waals surface area (Å²) < 4.78 is 14.3. The lowest BCUT2D eigenvalue weighted by Crippen LogP contribution is -2.48. The Kier molecular flexibility index (Phi) is 5.35. The van der Waals surface area contributed by atoms with Crippen LogP contribution in [0.4, 0.5) is 10.1 Å². The molecule has 5 heteroatoms. The molecular formula is C14H20BrFN2O. The van der Waals surface area contributed by atoms with Crippen LogP contribution in [-0.4, -0.2) is 17.5 Å². The molecule has 0 aliphatic carbocycles. The molecular weight excluding hydrogens is 311 g/mol. The van der Waals surface area contributed by atoms with E-state index < -0.39 is 6.04 Å².